The van der Waals surface area contributed by atoms with Crippen molar-refractivity contribution >= 4 is 15.7 Å². The number of rotatable bonds is 6. The zero-order valence-electron chi connectivity index (χ0n) is 13.2. The van der Waals surface area contributed by atoms with E-state index in [0.29, 0.717) is 5.82 Å². The lowest BCUT2D eigenvalue weighted by Crippen LogP contribution is -2.16. The highest BCUT2D eigenvalue weighted by Crippen LogP contribution is 2.28. The standard InChI is InChI=1S/C14H25N3O2S/c1-7-8-15-14-12(9(2)3)10(4)16-13(17-14)11(5)20(6,18)19/h9,11H,7-8H2,1-6H3,(H,15,16,17). The van der Waals surface area contributed by atoms with Gasteiger partial charge in [-0.25, -0.2) is 18.4 Å². The molecular formula is C14H25N3O2S. The quantitative estimate of drug-likeness (QED) is 0.874. The van der Waals surface area contributed by atoms with Crippen LogP contribution in [0.15, 0.2) is 0 Å². The average molecular weight is 299 g/mol. The molecule has 0 bridgehead atoms. The highest BCUT2D eigenvalue weighted by atomic mass is 32.2. The predicted molar refractivity (Wildman–Crippen MR) is 82.9 cm³/mol. The van der Waals surface area contributed by atoms with Crippen molar-refractivity contribution in [2.75, 3.05) is 18.1 Å². The molecule has 0 aliphatic carbocycles. The monoisotopic (exact) mass is 299 g/mol. The van der Waals surface area contributed by atoms with Crippen molar-refractivity contribution < 1.29 is 8.42 Å². The number of hydrogen-bond donors (Lipinski definition) is 1. The summed E-state index contributed by atoms with van der Waals surface area (Å²) < 4.78 is 23.4. The third-order valence-electron chi connectivity index (χ3n) is 3.28. The molecule has 1 aromatic heterocycles. The summed E-state index contributed by atoms with van der Waals surface area (Å²) in [6.07, 6.45) is 2.20. The van der Waals surface area contributed by atoms with E-state index in [1.54, 1.807) is 6.92 Å². The molecule has 1 aromatic rings. The minimum absolute atomic E-state index is 0.289. The molecule has 114 valence electrons. The molecule has 5 nitrogen and oxygen atoms in total. The van der Waals surface area contributed by atoms with Crippen LogP contribution in [0.25, 0.3) is 0 Å². The summed E-state index contributed by atoms with van der Waals surface area (Å²) in [5.74, 6) is 1.42. The Bertz CT molecular complexity index is 568. The Morgan fingerprint density at radius 2 is 1.80 bits per heavy atom. The maximum atomic E-state index is 11.7. The van der Waals surface area contributed by atoms with Crippen LogP contribution >= 0.6 is 0 Å². The van der Waals surface area contributed by atoms with Crippen molar-refractivity contribution in [3.8, 4) is 0 Å². The Morgan fingerprint density at radius 3 is 2.25 bits per heavy atom. The zero-order valence-corrected chi connectivity index (χ0v) is 14.0. The van der Waals surface area contributed by atoms with E-state index < -0.39 is 15.1 Å². The normalized spacial score (nSPS) is 13.6. The van der Waals surface area contributed by atoms with Crippen LogP contribution in [0, 0.1) is 6.92 Å². The van der Waals surface area contributed by atoms with Gasteiger partial charge >= 0.3 is 0 Å². The number of sulfone groups is 1. The molecule has 0 aliphatic rings. The van der Waals surface area contributed by atoms with E-state index >= 15 is 0 Å². The van der Waals surface area contributed by atoms with E-state index in [9.17, 15) is 8.42 Å². The highest BCUT2D eigenvalue weighted by Gasteiger charge is 2.23. The van der Waals surface area contributed by atoms with E-state index in [1.807, 2.05) is 6.92 Å². The molecule has 0 spiro atoms. The molecule has 1 heterocycles. The number of nitrogens with one attached hydrogen (secondary N) is 1. The lowest BCUT2D eigenvalue weighted by Gasteiger charge is -2.18. The van der Waals surface area contributed by atoms with Crippen LogP contribution in [0.4, 0.5) is 5.82 Å². The Kier molecular flexibility index (Phi) is 5.50. The largest absolute Gasteiger partial charge is 0.370 e. The number of nitrogens with zero attached hydrogens (tertiary/aromatic N) is 2. The van der Waals surface area contributed by atoms with E-state index in [2.05, 4.69) is 36.1 Å². The Hall–Kier alpha value is -1.17. The highest BCUT2D eigenvalue weighted by molar-refractivity contribution is 7.90. The summed E-state index contributed by atoms with van der Waals surface area (Å²) in [6.45, 7) is 10.6. The van der Waals surface area contributed by atoms with Crippen LogP contribution in [0.2, 0.25) is 0 Å². The molecule has 0 amide bonds. The van der Waals surface area contributed by atoms with Crippen molar-refractivity contribution in [1.82, 2.24) is 9.97 Å². The summed E-state index contributed by atoms with van der Waals surface area (Å²) in [7, 11) is -3.20. The van der Waals surface area contributed by atoms with Crippen molar-refractivity contribution in [2.45, 2.75) is 52.2 Å². The molecule has 1 unspecified atom stereocenters. The van der Waals surface area contributed by atoms with Crippen molar-refractivity contribution in [3.63, 3.8) is 0 Å². The minimum atomic E-state index is -3.20. The second-order valence-corrected chi connectivity index (χ2v) is 7.85. The number of aryl methyl sites for hydroxylation is 1. The molecule has 0 radical (unpaired) electrons. The second kappa shape index (κ2) is 6.52. The molecule has 20 heavy (non-hydrogen) atoms. The summed E-state index contributed by atoms with van der Waals surface area (Å²) >= 11 is 0. The number of aromatic nitrogens is 2. The van der Waals surface area contributed by atoms with Gasteiger partial charge in [0.05, 0.1) is 0 Å². The van der Waals surface area contributed by atoms with Gasteiger partial charge in [0.2, 0.25) is 0 Å². The minimum Gasteiger partial charge on any atom is -0.370 e. The third-order valence-corrected chi connectivity index (χ3v) is 4.77. The Morgan fingerprint density at radius 1 is 1.20 bits per heavy atom. The molecule has 0 saturated carbocycles. The van der Waals surface area contributed by atoms with Gasteiger partial charge in [0, 0.05) is 24.1 Å². The fraction of sp³-hybridized carbons (Fsp3) is 0.714. The molecule has 1 rings (SSSR count). The van der Waals surface area contributed by atoms with Gasteiger partial charge in [0.15, 0.2) is 9.84 Å². The third kappa shape index (κ3) is 3.91. The molecule has 0 aromatic carbocycles. The first-order valence-corrected chi connectivity index (χ1v) is 8.95. The van der Waals surface area contributed by atoms with E-state index in [0.717, 1.165) is 30.0 Å². The van der Waals surface area contributed by atoms with Crippen LogP contribution in [0.5, 0.6) is 0 Å². The smallest absolute Gasteiger partial charge is 0.157 e. The van der Waals surface area contributed by atoms with Gasteiger partial charge in [0.25, 0.3) is 0 Å². The van der Waals surface area contributed by atoms with Crippen molar-refractivity contribution in [1.29, 1.82) is 0 Å². The maximum absolute atomic E-state index is 11.7. The SMILES string of the molecule is CCCNc1nc(C(C)S(C)(=O)=O)nc(C)c1C(C)C. The topological polar surface area (TPSA) is 72.0 Å². The van der Waals surface area contributed by atoms with Gasteiger partial charge in [-0.3, -0.25) is 0 Å². The fourth-order valence-electron chi connectivity index (χ4n) is 2.05. The average Bonchev–Trinajstić information content (AvgIpc) is 2.32. The van der Waals surface area contributed by atoms with Gasteiger partial charge in [0.1, 0.15) is 16.9 Å². The van der Waals surface area contributed by atoms with Crippen LogP contribution in [-0.2, 0) is 9.84 Å². The van der Waals surface area contributed by atoms with Gasteiger partial charge in [-0.1, -0.05) is 20.8 Å². The van der Waals surface area contributed by atoms with Crippen LogP contribution in [-0.4, -0.2) is 31.2 Å². The first kappa shape index (κ1) is 16.9. The molecule has 0 aliphatic heterocycles. The van der Waals surface area contributed by atoms with Crippen molar-refractivity contribution in [3.05, 3.63) is 17.1 Å². The first-order valence-electron chi connectivity index (χ1n) is 6.99. The van der Waals surface area contributed by atoms with Crippen LogP contribution in [0.1, 0.15) is 62.4 Å². The molecule has 0 saturated heterocycles. The summed E-state index contributed by atoms with van der Waals surface area (Å²) in [5, 5.41) is 2.60. The van der Waals surface area contributed by atoms with Gasteiger partial charge < -0.3 is 5.32 Å². The van der Waals surface area contributed by atoms with E-state index in [1.165, 1.54) is 6.26 Å². The zero-order chi connectivity index (χ0) is 15.5. The van der Waals surface area contributed by atoms with Gasteiger partial charge in [-0.15, -0.1) is 0 Å². The summed E-state index contributed by atoms with van der Waals surface area (Å²) in [6, 6.07) is 0. The molecule has 1 N–H and O–H groups in total. The number of hydrogen-bond acceptors (Lipinski definition) is 5. The molecular weight excluding hydrogens is 274 g/mol. The van der Waals surface area contributed by atoms with E-state index in [4.69, 9.17) is 0 Å². The van der Waals surface area contributed by atoms with Crippen LogP contribution in [0.3, 0.4) is 0 Å². The van der Waals surface area contributed by atoms with Gasteiger partial charge in [-0.2, -0.15) is 0 Å². The first-order chi connectivity index (χ1) is 9.18. The van der Waals surface area contributed by atoms with E-state index in [-0.39, 0.29) is 5.92 Å². The summed E-state index contributed by atoms with van der Waals surface area (Å²) in [4.78, 5) is 8.86. The molecule has 6 heteroatoms. The lowest BCUT2D eigenvalue weighted by molar-refractivity contribution is 0.588. The molecule has 1 atom stereocenters. The lowest BCUT2D eigenvalue weighted by atomic mass is 10.0. The maximum Gasteiger partial charge on any atom is 0.157 e. The fourth-order valence-corrected chi connectivity index (χ4v) is 2.53. The predicted octanol–water partition coefficient (Wildman–Crippen LogP) is 2.84. The Labute approximate surface area is 122 Å². The second-order valence-electron chi connectivity index (χ2n) is 5.48. The Balaban J connectivity index is 3.34. The molecule has 0 fully saturated rings. The van der Waals surface area contributed by atoms with Crippen LogP contribution < -0.4 is 5.32 Å². The van der Waals surface area contributed by atoms with Crippen molar-refractivity contribution in [2.24, 2.45) is 0 Å². The number of anilines is 1. The van der Waals surface area contributed by atoms with Gasteiger partial charge in [-0.05, 0) is 26.2 Å². The summed E-state index contributed by atoms with van der Waals surface area (Å²) in [5.41, 5.74) is 1.90.